The van der Waals surface area contributed by atoms with Crippen LogP contribution in [-0.2, 0) is 5.41 Å². The highest BCUT2D eigenvalue weighted by atomic mass is 16.5. The molecular formula is C16H25NO2. The highest BCUT2D eigenvalue weighted by molar-refractivity contribution is 5.48. The maximum atomic E-state index is 5.51. The molecule has 1 aliphatic rings. The van der Waals surface area contributed by atoms with E-state index in [1.54, 1.807) is 14.2 Å². The number of ether oxygens (including phenoxy) is 2. The molecule has 1 fully saturated rings. The fourth-order valence-corrected chi connectivity index (χ4v) is 2.72. The van der Waals surface area contributed by atoms with Gasteiger partial charge in [0, 0.05) is 17.0 Å². The van der Waals surface area contributed by atoms with Crippen LogP contribution < -0.4 is 14.8 Å². The Morgan fingerprint density at radius 3 is 2.63 bits per heavy atom. The molecular weight excluding hydrogens is 238 g/mol. The van der Waals surface area contributed by atoms with E-state index in [1.807, 2.05) is 12.1 Å². The monoisotopic (exact) mass is 263 g/mol. The van der Waals surface area contributed by atoms with E-state index < -0.39 is 0 Å². The number of hydrogen-bond acceptors (Lipinski definition) is 3. The summed E-state index contributed by atoms with van der Waals surface area (Å²) in [6, 6.07) is 6.62. The maximum absolute atomic E-state index is 5.51. The normalized spacial score (nSPS) is 25.5. The van der Waals surface area contributed by atoms with Crippen molar-refractivity contribution in [1.82, 2.24) is 5.32 Å². The van der Waals surface area contributed by atoms with Gasteiger partial charge in [-0.05, 0) is 37.1 Å². The molecule has 0 radical (unpaired) electrons. The molecule has 0 bridgehead atoms. The Balaban J connectivity index is 2.17. The largest absolute Gasteiger partial charge is 0.497 e. The molecule has 0 saturated heterocycles. The lowest BCUT2D eigenvalue weighted by Gasteiger charge is -2.18. The predicted octanol–water partition coefficient (Wildman–Crippen LogP) is 2.98. The van der Waals surface area contributed by atoms with E-state index in [-0.39, 0.29) is 5.41 Å². The van der Waals surface area contributed by atoms with Crippen LogP contribution in [0.1, 0.15) is 32.8 Å². The zero-order valence-corrected chi connectivity index (χ0v) is 12.6. The summed E-state index contributed by atoms with van der Waals surface area (Å²) in [5.41, 5.74) is 1.48. The van der Waals surface area contributed by atoms with Gasteiger partial charge in [-0.1, -0.05) is 20.8 Å². The molecule has 2 unspecified atom stereocenters. The molecule has 0 aromatic heterocycles. The van der Waals surface area contributed by atoms with Gasteiger partial charge in [-0.15, -0.1) is 0 Å². The molecule has 0 amide bonds. The standard InChI is InChI=1S/C16H25NO2/c1-11(2)17-10-12-9-16(12,3)14-8-13(18-4)6-7-15(14)19-5/h6-8,11-12,17H,9-10H2,1-5H3. The summed E-state index contributed by atoms with van der Waals surface area (Å²) in [6.45, 7) is 7.75. The number of benzene rings is 1. The highest BCUT2D eigenvalue weighted by Gasteiger charge is 2.52. The summed E-state index contributed by atoms with van der Waals surface area (Å²) in [6.07, 6.45) is 1.20. The molecule has 3 heteroatoms. The molecule has 1 N–H and O–H groups in total. The minimum atomic E-state index is 0.210. The van der Waals surface area contributed by atoms with Crippen LogP contribution in [0.3, 0.4) is 0 Å². The van der Waals surface area contributed by atoms with E-state index >= 15 is 0 Å². The third-order valence-corrected chi connectivity index (χ3v) is 4.21. The van der Waals surface area contributed by atoms with Gasteiger partial charge in [0.05, 0.1) is 14.2 Å². The van der Waals surface area contributed by atoms with Crippen LogP contribution in [0.2, 0.25) is 0 Å². The van der Waals surface area contributed by atoms with Crippen LogP contribution in [0.25, 0.3) is 0 Å². The lowest BCUT2D eigenvalue weighted by molar-refractivity contribution is 0.392. The molecule has 1 saturated carbocycles. The zero-order chi connectivity index (χ0) is 14.0. The molecule has 1 aromatic carbocycles. The molecule has 3 nitrogen and oxygen atoms in total. The lowest BCUT2D eigenvalue weighted by atomic mass is 9.94. The summed E-state index contributed by atoms with van der Waals surface area (Å²) in [7, 11) is 3.44. The number of rotatable bonds is 6. The van der Waals surface area contributed by atoms with Crippen LogP contribution in [0.4, 0.5) is 0 Å². The van der Waals surface area contributed by atoms with E-state index in [2.05, 4.69) is 32.2 Å². The van der Waals surface area contributed by atoms with Crippen molar-refractivity contribution in [2.45, 2.75) is 38.6 Å². The van der Waals surface area contributed by atoms with Crippen LogP contribution in [0.5, 0.6) is 11.5 Å². The van der Waals surface area contributed by atoms with Crippen molar-refractivity contribution >= 4 is 0 Å². The molecule has 19 heavy (non-hydrogen) atoms. The maximum Gasteiger partial charge on any atom is 0.122 e. The smallest absolute Gasteiger partial charge is 0.122 e. The van der Waals surface area contributed by atoms with E-state index in [4.69, 9.17) is 9.47 Å². The van der Waals surface area contributed by atoms with Crippen LogP contribution >= 0.6 is 0 Å². The Morgan fingerprint density at radius 1 is 1.32 bits per heavy atom. The van der Waals surface area contributed by atoms with Gasteiger partial charge in [0.1, 0.15) is 11.5 Å². The van der Waals surface area contributed by atoms with Crippen molar-refractivity contribution < 1.29 is 9.47 Å². The summed E-state index contributed by atoms with van der Waals surface area (Å²) in [5, 5.41) is 3.53. The Morgan fingerprint density at radius 2 is 2.05 bits per heavy atom. The Bertz CT molecular complexity index is 444. The minimum Gasteiger partial charge on any atom is -0.497 e. The van der Waals surface area contributed by atoms with Gasteiger partial charge in [0.15, 0.2) is 0 Å². The second-order valence-corrected chi connectivity index (χ2v) is 5.95. The first-order chi connectivity index (χ1) is 9.01. The Hall–Kier alpha value is -1.22. The van der Waals surface area contributed by atoms with Gasteiger partial charge in [-0.25, -0.2) is 0 Å². The predicted molar refractivity (Wildman–Crippen MR) is 78.1 cm³/mol. The van der Waals surface area contributed by atoms with Crippen molar-refractivity contribution in [1.29, 1.82) is 0 Å². The summed E-state index contributed by atoms with van der Waals surface area (Å²) in [4.78, 5) is 0. The van der Waals surface area contributed by atoms with E-state index in [0.717, 1.165) is 18.0 Å². The molecule has 2 rings (SSSR count). The van der Waals surface area contributed by atoms with Crippen molar-refractivity contribution in [3.05, 3.63) is 23.8 Å². The van der Waals surface area contributed by atoms with E-state index in [9.17, 15) is 0 Å². The SMILES string of the molecule is COc1ccc(OC)c(C2(C)CC2CNC(C)C)c1. The first-order valence-electron chi connectivity index (χ1n) is 6.97. The fourth-order valence-electron chi connectivity index (χ4n) is 2.72. The van der Waals surface area contributed by atoms with Gasteiger partial charge in [-0.3, -0.25) is 0 Å². The molecule has 106 valence electrons. The minimum absolute atomic E-state index is 0.210. The molecule has 0 spiro atoms. The quantitative estimate of drug-likeness (QED) is 0.856. The first kappa shape index (κ1) is 14.2. The van der Waals surface area contributed by atoms with Gasteiger partial charge in [-0.2, -0.15) is 0 Å². The van der Waals surface area contributed by atoms with Gasteiger partial charge < -0.3 is 14.8 Å². The Kier molecular flexibility index (Phi) is 4.04. The van der Waals surface area contributed by atoms with Crippen LogP contribution in [0.15, 0.2) is 18.2 Å². The zero-order valence-electron chi connectivity index (χ0n) is 12.6. The van der Waals surface area contributed by atoms with Gasteiger partial charge >= 0.3 is 0 Å². The van der Waals surface area contributed by atoms with Crippen LogP contribution in [0, 0.1) is 5.92 Å². The molecule has 1 aromatic rings. The summed E-state index contributed by atoms with van der Waals surface area (Å²) in [5.74, 6) is 2.55. The second-order valence-electron chi connectivity index (χ2n) is 5.95. The average molecular weight is 263 g/mol. The van der Waals surface area contributed by atoms with Crippen molar-refractivity contribution in [3.63, 3.8) is 0 Å². The molecule has 1 aliphatic carbocycles. The van der Waals surface area contributed by atoms with Crippen molar-refractivity contribution in [2.24, 2.45) is 5.92 Å². The van der Waals surface area contributed by atoms with Gasteiger partial charge in [0.2, 0.25) is 0 Å². The van der Waals surface area contributed by atoms with Crippen LogP contribution in [-0.4, -0.2) is 26.8 Å². The van der Waals surface area contributed by atoms with Crippen molar-refractivity contribution in [2.75, 3.05) is 20.8 Å². The first-order valence-corrected chi connectivity index (χ1v) is 6.97. The number of hydrogen-bond donors (Lipinski definition) is 1. The second kappa shape index (κ2) is 5.41. The fraction of sp³-hybridized carbons (Fsp3) is 0.625. The molecule has 0 heterocycles. The molecule has 2 atom stereocenters. The average Bonchev–Trinajstić information content (AvgIpc) is 3.08. The van der Waals surface area contributed by atoms with E-state index in [1.165, 1.54) is 12.0 Å². The van der Waals surface area contributed by atoms with E-state index in [0.29, 0.717) is 12.0 Å². The van der Waals surface area contributed by atoms with Crippen molar-refractivity contribution in [3.8, 4) is 11.5 Å². The highest BCUT2D eigenvalue weighted by Crippen LogP contribution is 2.56. The van der Waals surface area contributed by atoms with Gasteiger partial charge in [0.25, 0.3) is 0 Å². The number of methoxy groups -OCH3 is 2. The number of nitrogens with one attached hydrogen (secondary N) is 1. The third-order valence-electron chi connectivity index (χ3n) is 4.21. The third kappa shape index (κ3) is 2.86. The summed E-state index contributed by atoms with van der Waals surface area (Å²) < 4.78 is 10.8. The Labute approximate surface area is 116 Å². The molecule has 0 aliphatic heterocycles. The lowest BCUT2D eigenvalue weighted by Crippen LogP contribution is -2.27. The summed E-state index contributed by atoms with van der Waals surface area (Å²) >= 11 is 0. The topological polar surface area (TPSA) is 30.5 Å².